The molecule has 1 nitrogen and oxygen atoms in total. The van der Waals surface area contributed by atoms with Crippen molar-refractivity contribution in [2.75, 3.05) is 0 Å². The second-order valence-corrected chi connectivity index (χ2v) is 5.75. The van der Waals surface area contributed by atoms with Crippen LogP contribution in [0.4, 0.5) is 0 Å². The topological polar surface area (TPSA) is 3.88 Å². The average Bonchev–Trinajstić information content (AvgIpc) is 2.94. The van der Waals surface area contributed by atoms with Crippen LogP contribution in [0.5, 0.6) is 0 Å². The molecule has 0 amide bonds. The SMILES string of the molecule is Cc1ccccc1-c1ccc(C2CCCC2)c[n+]1C. The van der Waals surface area contributed by atoms with E-state index in [0.29, 0.717) is 0 Å². The maximum atomic E-state index is 2.33. The Balaban J connectivity index is 1.98. The van der Waals surface area contributed by atoms with Gasteiger partial charge in [-0.1, -0.05) is 31.0 Å². The molecule has 1 saturated carbocycles. The summed E-state index contributed by atoms with van der Waals surface area (Å²) >= 11 is 0. The third-order valence-electron chi connectivity index (χ3n) is 4.40. The number of aryl methyl sites for hydroxylation is 2. The summed E-state index contributed by atoms with van der Waals surface area (Å²) in [4.78, 5) is 0. The summed E-state index contributed by atoms with van der Waals surface area (Å²) in [6, 6.07) is 13.2. The molecule has 1 aromatic heterocycles. The van der Waals surface area contributed by atoms with Crippen molar-refractivity contribution in [1.82, 2.24) is 0 Å². The first-order valence-electron chi connectivity index (χ1n) is 7.31. The second kappa shape index (κ2) is 5.16. The number of aromatic nitrogens is 1. The van der Waals surface area contributed by atoms with Crippen LogP contribution in [0.1, 0.15) is 42.7 Å². The Bertz CT molecular complexity index is 580. The monoisotopic (exact) mass is 252 g/mol. The Morgan fingerprint density at radius 2 is 1.74 bits per heavy atom. The van der Waals surface area contributed by atoms with E-state index in [2.05, 4.69) is 61.1 Å². The molecule has 0 unspecified atom stereocenters. The van der Waals surface area contributed by atoms with Gasteiger partial charge >= 0.3 is 0 Å². The van der Waals surface area contributed by atoms with Gasteiger partial charge in [-0.3, -0.25) is 0 Å². The predicted octanol–water partition coefficient (Wildman–Crippen LogP) is 4.14. The van der Waals surface area contributed by atoms with E-state index in [0.717, 1.165) is 5.92 Å². The van der Waals surface area contributed by atoms with E-state index in [1.807, 2.05) is 0 Å². The molecule has 0 bridgehead atoms. The molecule has 1 aromatic carbocycles. The highest BCUT2D eigenvalue weighted by molar-refractivity contribution is 5.60. The fraction of sp³-hybridized carbons (Fsp3) is 0.389. The molecule has 0 spiro atoms. The molecule has 1 aliphatic rings. The highest BCUT2D eigenvalue weighted by Gasteiger charge is 2.21. The predicted molar refractivity (Wildman–Crippen MR) is 79.0 cm³/mol. The highest BCUT2D eigenvalue weighted by Crippen LogP contribution is 2.34. The minimum atomic E-state index is 0.789. The van der Waals surface area contributed by atoms with Crippen LogP contribution in [-0.2, 0) is 7.05 Å². The van der Waals surface area contributed by atoms with Gasteiger partial charge in [0.25, 0.3) is 0 Å². The maximum absolute atomic E-state index is 2.33. The van der Waals surface area contributed by atoms with Crippen molar-refractivity contribution in [1.29, 1.82) is 0 Å². The summed E-state index contributed by atoms with van der Waals surface area (Å²) in [5.41, 5.74) is 5.49. The first-order chi connectivity index (χ1) is 9.25. The van der Waals surface area contributed by atoms with Crippen molar-refractivity contribution in [3.05, 3.63) is 53.7 Å². The summed E-state index contributed by atoms with van der Waals surface area (Å²) in [5, 5.41) is 0. The number of nitrogens with zero attached hydrogens (tertiary/aromatic N) is 1. The Hall–Kier alpha value is -1.63. The van der Waals surface area contributed by atoms with Gasteiger partial charge in [-0.25, -0.2) is 4.57 Å². The molecular weight excluding hydrogens is 230 g/mol. The zero-order chi connectivity index (χ0) is 13.2. The third-order valence-corrected chi connectivity index (χ3v) is 4.40. The molecule has 0 atom stereocenters. The van der Waals surface area contributed by atoms with Gasteiger partial charge in [0.05, 0.1) is 0 Å². The molecule has 1 fully saturated rings. The molecule has 98 valence electrons. The Morgan fingerprint density at radius 3 is 2.42 bits per heavy atom. The quantitative estimate of drug-likeness (QED) is 0.707. The summed E-state index contributed by atoms with van der Waals surface area (Å²) in [7, 11) is 2.17. The van der Waals surface area contributed by atoms with Gasteiger partial charge in [0.1, 0.15) is 7.05 Å². The molecule has 0 N–H and O–H groups in total. The number of pyridine rings is 1. The van der Waals surface area contributed by atoms with Gasteiger partial charge in [-0.05, 0) is 43.4 Å². The average molecular weight is 252 g/mol. The molecular formula is C18H22N+. The molecule has 0 aliphatic heterocycles. The minimum absolute atomic E-state index is 0.789. The number of rotatable bonds is 2. The van der Waals surface area contributed by atoms with Gasteiger partial charge in [0.15, 0.2) is 6.20 Å². The van der Waals surface area contributed by atoms with Crippen LogP contribution < -0.4 is 4.57 Å². The van der Waals surface area contributed by atoms with Crippen molar-refractivity contribution in [3.8, 4) is 11.3 Å². The van der Waals surface area contributed by atoms with E-state index >= 15 is 0 Å². The van der Waals surface area contributed by atoms with Crippen LogP contribution in [-0.4, -0.2) is 0 Å². The van der Waals surface area contributed by atoms with Gasteiger partial charge < -0.3 is 0 Å². The molecule has 0 saturated heterocycles. The number of hydrogen-bond donors (Lipinski definition) is 0. The van der Waals surface area contributed by atoms with E-state index in [-0.39, 0.29) is 0 Å². The Morgan fingerprint density at radius 1 is 1.00 bits per heavy atom. The first kappa shape index (κ1) is 12.4. The molecule has 1 heteroatoms. The van der Waals surface area contributed by atoms with Crippen LogP contribution in [0, 0.1) is 6.92 Å². The van der Waals surface area contributed by atoms with Crippen LogP contribution in [0.15, 0.2) is 42.6 Å². The van der Waals surface area contributed by atoms with Crippen LogP contribution in [0.3, 0.4) is 0 Å². The van der Waals surface area contributed by atoms with Crippen LogP contribution in [0.25, 0.3) is 11.3 Å². The van der Waals surface area contributed by atoms with Crippen molar-refractivity contribution < 1.29 is 4.57 Å². The lowest BCUT2D eigenvalue weighted by molar-refractivity contribution is -0.660. The lowest BCUT2D eigenvalue weighted by Gasteiger charge is -2.09. The largest absolute Gasteiger partial charge is 0.212 e. The summed E-state index contributed by atoms with van der Waals surface area (Å²) in [6.07, 6.45) is 7.85. The second-order valence-electron chi connectivity index (χ2n) is 5.75. The van der Waals surface area contributed by atoms with E-state index in [1.165, 1.54) is 48.1 Å². The molecule has 0 radical (unpaired) electrons. The smallest absolute Gasteiger partial charge is 0.201 e. The Labute approximate surface area is 115 Å². The highest BCUT2D eigenvalue weighted by atomic mass is 14.9. The zero-order valence-electron chi connectivity index (χ0n) is 11.9. The van der Waals surface area contributed by atoms with Gasteiger partial charge in [0, 0.05) is 17.2 Å². The minimum Gasteiger partial charge on any atom is -0.201 e. The molecule has 1 heterocycles. The maximum Gasteiger partial charge on any atom is 0.212 e. The van der Waals surface area contributed by atoms with E-state index < -0.39 is 0 Å². The van der Waals surface area contributed by atoms with Crippen LogP contribution in [0.2, 0.25) is 0 Å². The third kappa shape index (κ3) is 2.42. The first-order valence-corrected chi connectivity index (χ1v) is 7.31. The van der Waals surface area contributed by atoms with Crippen molar-refractivity contribution in [3.63, 3.8) is 0 Å². The number of benzene rings is 1. The molecule has 2 aromatic rings. The van der Waals surface area contributed by atoms with Crippen molar-refractivity contribution >= 4 is 0 Å². The Kier molecular flexibility index (Phi) is 3.37. The van der Waals surface area contributed by atoms with Gasteiger partial charge in [0.2, 0.25) is 5.69 Å². The lowest BCUT2D eigenvalue weighted by Crippen LogP contribution is -2.31. The van der Waals surface area contributed by atoms with Crippen LogP contribution >= 0.6 is 0 Å². The molecule has 3 rings (SSSR count). The zero-order valence-corrected chi connectivity index (χ0v) is 11.9. The summed E-state index contributed by atoms with van der Waals surface area (Å²) in [5.74, 6) is 0.789. The van der Waals surface area contributed by atoms with E-state index in [9.17, 15) is 0 Å². The molecule has 19 heavy (non-hydrogen) atoms. The lowest BCUT2D eigenvalue weighted by atomic mass is 9.97. The number of hydrogen-bond acceptors (Lipinski definition) is 0. The van der Waals surface area contributed by atoms with Gasteiger partial charge in [-0.15, -0.1) is 0 Å². The fourth-order valence-electron chi connectivity index (χ4n) is 3.27. The van der Waals surface area contributed by atoms with Crippen molar-refractivity contribution in [2.45, 2.75) is 38.5 Å². The van der Waals surface area contributed by atoms with Crippen molar-refractivity contribution in [2.24, 2.45) is 7.05 Å². The van der Waals surface area contributed by atoms with Gasteiger partial charge in [-0.2, -0.15) is 0 Å². The normalized spacial score (nSPS) is 15.9. The summed E-state index contributed by atoms with van der Waals surface area (Å²) < 4.78 is 2.29. The fourth-order valence-corrected chi connectivity index (χ4v) is 3.27. The molecule has 1 aliphatic carbocycles. The van der Waals surface area contributed by atoms with E-state index in [1.54, 1.807) is 0 Å². The summed E-state index contributed by atoms with van der Waals surface area (Å²) in [6.45, 7) is 2.18. The standard InChI is InChI=1S/C18H22N/c1-14-7-3-6-10-17(14)18-12-11-16(13-19(18)2)15-8-4-5-9-15/h3,6-7,10-13,15H,4-5,8-9H2,1-2H3/q+1. The van der Waals surface area contributed by atoms with E-state index in [4.69, 9.17) is 0 Å².